The molecule has 0 fully saturated rings. The summed E-state index contributed by atoms with van der Waals surface area (Å²) in [7, 11) is 0. The summed E-state index contributed by atoms with van der Waals surface area (Å²) in [5.41, 5.74) is 0. The van der Waals surface area contributed by atoms with Gasteiger partial charge in [0.1, 0.15) is 0 Å². The van der Waals surface area contributed by atoms with Crippen molar-refractivity contribution in [3.05, 3.63) is 0 Å². The van der Waals surface area contributed by atoms with Crippen molar-refractivity contribution in [2.75, 3.05) is 0 Å². The summed E-state index contributed by atoms with van der Waals surface area (Å²) in [4.78, 5) is 0. The molecule has 0 aromatic rings. The zero-order chi connectivity index (χ0) is 0. The predicted molar refractivity (Wildman–Crippen MR) is 6.73 cm³/mol. The fraction of sp³-hybridized carbons (Fsp3) is 1.00. The molecule has 0 rings (SSSR count). The second-order valence-corrected chi connectivity index (χ2v) is 0. The maximum Gasteiger partial charge on any atom is 0 e. The minimum absolute atomic E-state index is 0. The quantitative estimate of drug-likeness (QED) is 0.516. The Kier molecular flexibility index (Phi) is 191. The molecule has 2 radical (unpaired) electrons. The molecule has 4 heavy (non-hydrogen) atoms. The zero-order valence-corrected chi connectivity index (χ0v) is 6.27. The van der Waals surface area contributed by atoms with Gasteiger partial charge in [-0.3, -0.25) is 0 Å². The molecule has 0 aliphatic carbocycles. The van der Waals surface area contributed by atoms with Crippen LogP contribution in [0.1, 0.15) is 7.43 Å². The van der Waals surface area contributed by atoms with E-state index in [-0.39, 0.29) is 68.6 Å². The van der Waals surface area contributed by atoms with E-state index in [2.05, 4.69) is 0 Å². The summed E-state index contributed by atoms with van der Waals surface area (Å²) in [5.74, 6) is 0. The van der Waals surface area contributed by atoms with Crippen LogP contribution in [0.15, 0.2) is 0 Å². The Morgan fingerprint density at radius 1 is 1.00 bits per heavy atom. The van der Waals surface area contributed by atoms with Gasteiger partial charge in [-0.25, -0.2) is 0 Å². The zero-order valence-electron chi connectivity index (χ0n) is 1.33. The van der Waals surface area contributed by atoms with E-state index in [9.17, 15) is 0 Å². The van der Waals surface area contributed by atoms with Crippen LogP contribution in [0.2, 0.25) is 0 Å². The number of hydrogen-bond acceptors (Lipinski definition) is 0. The summed E-state index contributed by atoms with van der Waals surface area (Å²) in [6, 6.07) is 0. The summed E-state index contributed by atoms with van der Waals surface area (Å²) < 4.78 is 0. The van der Waals surface area contributed by atoms with Crippen LogP contribution >= 0.6 is 0 Å². The molecule has 0 atom stereocenters. The van der Waals surface area contributed by atoms with Crippen molar-refractivity contribution < 1.29 is 61.2 Å². The Morgan fingerprint density at radius 3 is 1.00 bits per heavy atom. The van der Waals surface area contributed by atoms with Gasteiger partial charge >= 0.3 is 0 Å². The molecular weight excluding hydrogens is 208 g/mol. The minimum atomic E-state index is 0. The largest absolute Gasteiger partial charge is 0.0776 e. The van der Waals surface area contributed by atoms with E-state index < -0.39 is 0 Å². The third-order valence-electron chi connectivity index (χ3n) is 0. The van der Waals surface area contributed by atoms with Crippen molar-refractivity contribution >= 4 is 0 Å². The second kappa shape index (κ2) is 20.2. The smallest absolute Gasteiger partial charge is 0 e. The van der Waals surface area contributed by atoms with Crippen molar-refractivity contribution in [2.24, 2.45) is 0 Å². The Labute approximate surface area is 68.0 Å². The monoisotopic (exact) mass is 212 g/mol. The van der Waals surface area contributed by atoms with E-state index in [1.165, 1.54) is 0 Å². The molecule has 3 heteroatoms. The summed E-state index contributed by atoms with van der Waals surface area (Å²) in [6.45, 7) is 0. The first-order valence-corrected chi connectivity index (χ1v) is 0. The topological polar surface area (TPSA) is 0 Å². The molecule has 0 aliphatic heterocycles. The van der Waals surface area contributed by atoms with E-state index in [1.807, 2.05) is 0 Å². The Bertz CT molecular complexity index is 8.00. The molecule has 0 aromatic carbocycles. The summed E-state index contributed by atoms with van der Waals surface area (Å²) >= 11 is 0. The Balaban J connectivity index is 0. The standard InChI is InChI=1S/CH4.Mn.Nb.Ti/h1H4;;;. The molecule has 24 valence electrons. The number of hydrogen-bond donors (Lipinski definition) is 0. The molecule has 0 heterocycles. The van der Waals surface area contributed by atoms with Gasteiger partial charge in [-0.1, -0.05) is 7.43 Å². The van der Waals surface area contributed by atoms with Crippen LogP contribution in [0.3, 0.4) is 0 Å². The van der Waals surface area contributed by atoms with Gasteiger partial charge in [0.25, 0.3) is 0 Å². The van der Waals surface area contributed by atoms with Crippen molar-refractivity contribution in [2.45, 2.75) is 7.43 Å². The Morgan fingerprint density at radius 2 is 1.00 bits per heavy atom. The molecule has 0 amide bonds. The fourth-order valence-corrected chi connectivity index (χ4v) is 0. The van der Waals surface area contributed by atoms with Gasteiger partial charge in [-0.05, 0) is 0 Å². The Hall–Kier alpha value is 1.97. The van der Waals surface area contributed by atoms with E-state index in [0.717, 1.165) is 0 Å². The first kappa shape index (κ1) is 37.9. The minimum Gasteiger partial charge on any atom is -0.0776 e. The van der Waals surface area contributed by atoms with E-state index in [1.54, 1.807) is 0 Å². The van der Waals surface area contributed by atoms with E-state index >= 15 is 0 Å². The molecule has 0 saturated heterocycles. The van der Waals surface area contributed by atoms with Crippen LogP contribution in [-0.2, 0) is 61.2 Å². The van der Waals surface area contributed by atoms with Gasteiger partial charge in [0.15, 0.2) is 0 Å². The first-order chi connectivity index (χ1) is 0. The van der Waals surface area contributed by atoms with Gasteiger partial charge in [-0.2, -0.15) is 0 Å². The first-order valence-electron chi connectivity index (χ1n) is 0. The van der Waals surface area contributed by atoms with Crippen LogP contribution in [0.5, 0.6) is 0 Å². The molecule has 0 saturated carbocycles. The molecular formula is CH4MnNbTi. The van der Waals surface area contributed by atoms with Crippen molar-refractivity contribution in [3.8, 4) is 0 Å². The van der Waals surface area contributed by atoms with Crippen molar-refractivity contribution in [1.82, 2.24) is 0 Å². The van der Waals surface area contributed by atoms with Crippen LogP contribution < -0.4 is 0 Å². The average Bonchev–Trinajstić information content (AvgIpc) is 0. The van der Waals surface area contributed by atoms with Gasteiger partial charge in [0.2, 0.25) is 0 Å². The van der Waals surface area contributed by atoms with Crippen molar-refractivity contribution in [1.29, 1.82) is 0 Å². The van der Waals surface area contributed by atoms with Gasteiger partial charge in [0, 0.05) is 61.2 Å². The maximum absolute atomic E-state index is 0. The molecule has 0 aromatic heterocycles. The van der Waals surface area contributed by atoms with E-state index in [0.29, 0.717) is 0 Å². The molecule has 0 N–H and O–H groups in total. The predicted octanol–water partition coefficient (Wildman–Crippen LogP) is 0.629. The van der Waals surface area contributed by atoms with Gasteiger partial charge < -0.3 is 0 Å². The molecule has 0 unspecified atom stereocenters. The molecule has 0 nitrogen and oxygen atoms in total. The molecule has 0 bridgehead atoms. The second-order valence-electron chi connectivity index (χ2n) is 0. The van der Waals surface area contributed by atoms with E-state index in [4.69, 9.17) is 0 Å². The number of rotatable bonds is 0. The van der Waals surface area contributed by atoms with Crippen LogP contribution in [0.25, 0.3) is 0 Å². The molecule has 0 aliphatic rings. The van der Waals surface area contributed by atoms with Gasteiger partial charge in [0.05, 0.1) is 0 Å². The third-order valence-corrected chi connectivity index (χ3v) is 0. The SMILES string of the molecule is C.[Mn].[Nb].[Ti]. The summed E-state index contributed by atoms with van der Waals surface area (Å²) in [6.07, 6.45) is 0. The van der Waals surface area contributed by atoms with Crippen molar-refractivity contribution in [3.63, 3.8) is 0 Å². The maximum atomic E-state index is 0. The van der Waals surface area contributed by atoms with Crippen LogP contribution in [0.4, 0.5) is 0 Å². The third kappa shape index (κ3) is 9.02. The normalized spacial score (nSPS) is 0. The molecule has 0 spiro atoms. The fourth-order valence-electron chi connectivity index (χ4n) is 0. The van der Waals surface area contributed by atoms with Crippen LogP contribution in [0, 0.1) is 0 Å². The summed E-state index contributed by atoms with van der Waals surface area (Å²) in [5, 5.41) is 0. The average molecular weight is 212 g/mol. The van der Waals surface area contributed by atoms with Gasteiger partial charge in [-0.15, -0.1) is 0 Å². The van der Waals surface area contributed by atoms with Crippen LogP contribution in [-0.4, -0.2) is 0 Å².